The topological polar surface area (TPSA) is 70.2 Å². The number of H-pyrrole nitrogens is 1. The Labute approximate surface area is 99.5 Å². The van der Waals surface area contributed by atoms with Crippen LogP contribution >= 0.6 is 0 Å². The molecule has 2 rings (SSSR count). The van der Waals surface area contributed by atoms with Gasteiger partial charge in [-0.3, -0.25) is 0 Å². The molecule has 0 unspecified atom stereocenters. The molecular weight excluding hydrogens is 218 g/mol. The van der Waals surface area contributed by atoms with Crippen molar-refractivity contribution in [1.82, 2.24) is 9.97 Å². The van der Waals surface area contributed by atoms with E-state index in [4.69, 9.17) is 4.74 Å². The van der Waals surface area contributed by atoms with Gasteiger partial charge < -0.3 is 20.1 Å². The van der Waals surface area contributed by atoms with E-state index in [9.17, 15) is 5.11 Å². The molecule has 0 aliphatic heterocycles. The minimum Gasteiger partial charge on any atom is -0.504 e. The molecule has 1 aromatic heterocycles. The van der Waals surface area contributed by atoms with Crippen molar-refractivity contribution in [2.45, 2.75) is 13.5 Å². The van der Waals surface area contributed by atoms with Crippen LogP contribution in [0.2, 0.25) is 0 Å². The Morgan fingerprint density at radius 3 is 2.88 bits per heavy atom. The number of rotatable bonds is 4. The lowest BCUT2D eigenvalue weighted by atomic mass is 10.2. The molecule has 1 heterocycles. The van der Waals surface area contributed by atoms with Crippen LogP contribution in [0.1, 0.15) is 11.5 Å². The largest absolute Gasteiger partial charge is 0.504 e. The maximum absolute atomic E-state index is 9.61. The van der Waals surface area contributed by atoms with Crippen molar-refractivity contribution in [2.75, 3.05) is 12.4 Å². The number of aromatic amines is 1. The van der Waals surface area contributed by atoms with E-state index in [1.54, 1.807) is 18.3 Å². The van der Waals surface area contributed by atoms with E-state index in [0.717, 1.165) is 17.2 Å². The Bertz CT molecular complexity index is 508. The Kier molecular flexibility index (Phi) is 3.18. The minimum atomic E-state index is 0.123. The molecule has 0 spiro atoms. The Hall–Kier alpha value is -2.17. The van der Waals surface area contributed by atoms with E-state index >= 15 is 0 Å². The van der Waals surface area contributed by atoms with Crippen molar-refractivity contribution in [3.8, 4) is 11.5 Å². The van der Waals surface area contributed by atoms with E-state index in [1.165, 1.54) is 7.11 Å². The summed E-state index contributed by atoms with van der Waals surface area (Å²) in [6, 6.07) is 5.19. The van der Waals surface area contributed by atoms with Crippen LogP contribution in [0, 0.1) is 6.92 Å². The average Bonchev–Trinajstić information content (AvgIpc) is 2.73. The number of benzene rings is 1. The molecule has 5 nitrogen and oxygen atoms in total. The van der Waals surface area contributed by atoms with Crippen LogP contribution < -0.4 is 10.1 Å². The predicted octanol–water partition coefficient (Wildman–Crippen LogP) is 2.04. The van der Waals surface area contributed by atoms with Crippen molar-refractivity contribution < 1.29 is 9.84 Å². The van der Waals surface area contributed by atoms with Crippen LogP contribution in [0.15, 0.2) is 24.4 Å². The maximum atomic E-state index is 9.61. The van der Waals surface area contributed by atoms with Gasteiger partial charge in [-0.2, -0.15) is 0 Å². The maximum Gasteiger partial charge on any atom is 0.160 e. The van der Waals surface area contributed by atoms with E-state index < -0.39 is 0 Å². The van der Waals surface area contributed by atoms with Gasteiger partial charge in [-0.15, -0.1) is 0 Å². The fourth-order valence-corrected chi connectivity index (χ4v) is 1.56. The summed E-state index contributed by atoms with van der Waals surface area (Å²) in [6.45, 7) is 2.54. The van der Waals surface area contributed by atoms with E-state index in [2.05, 4.69) is 15.3 Å². The number of ether oxygens (including phenoxy) is 1. The molecule has 1 aromatic carbocycles. The van der Waals surface area contributed by atoms with Gasteiger partial charge in [0, 0.05) is 11.8 Å². The smallest absolute Gasteiger partial charge is 0.160 e. The first kappa shape index (κ1) is 11.3. The molecule has 5 heteroatoms. The molecule has 90 valence electrons. The van der Waals surface area contributed by atoms with Crippen LogP contribution in [-0.2, 0) is 6.54 Å². The molecule has 0 saturated heterocycles. The summed E-state index contributed by atoms with van der Waals surface area (Å²) >= 11 is 0. The number of methoxy groups -OCH3 is 1. The number of nitrogens with one attached hydrogen (secondary N) is 2. The summed E-state index contributed by atoms with van der Waals surface area (Å²) in [5.74, 6) is 1.48. The molecule has 17 heavy (non-hydrogen) atoms. The average molecular weight is 233 g/mol. The minimum absolute atomic E-state index is 0.123. The van der Waals surface area contributed by atoms with Crippen molar-refractivity contribution >= 4 is 5.69 Å². The molecule has 3 N–H and O–H groups in total. The Morgan fingerprint density at radius 1 is 1.47 bits per heavy atom. The standard InChI is InChI=1S/C12H15N3O2/c1-8-13-6-10(15-8)7-14-9-3-4-12(17-2)11(16)5-9/h3-6,14,16H,7H2,1-2H3,(H,13,15). The van der Waals surface area contributed by atoms with Gasteiger partial charge in [-0.05, 0) is 19.1 Å². The first-order chi connectivity index (χ1) is 8.19. The normalized spacial score (nSPS) is 10.2. The van der Waals surface area contributed by atoms with Crippen LogP contribution in [0.4, 0.5) is 5.69 Å². The number of phenols is 1. The number of aryl methyl sites for hydroxylation is 1. The molecule has 0 saturated carbocycles. The molecule has 0 aliphatic carbocycles. The van der Waals surface area contributed by atoms with Crippen molar-refractivity contribution in [3.63, 3.8) is 0 Å². The summed E-state index contributed by atoms with van der Waals surface area (Å²) < 4.78 is 4.97. The molecule has 0 bridgehead atoms. The van der Waals surface area contributed by atoms with Crippen LogP contribution in [0.3, 0.4) is 0 Å². The Morgan fingerprint density at radius 2 is 2.29 bits per heavy atom. The number of imidazole rings is 1. The van der Waals surface area contributed by atoms with Gasteiger partial charge in [0.25, 0.3) is 0 Å². The SMILES string of the molecule is COc1ccc(NCc2cnc(C)[nH]2)cc1O. The van der Waals surface area contributed by atoms with E-state index in [-0.39, 0.29) is 5.75 Å². The lowest BCUT2D eigenvalue weighted by Gasteiger charge is -2.07. The van der Waals surface area contributed by atoms with Crippen LogP contribution in [0.25, 0.3) is 0 Å². The molecule has 0 fully saturated rings. The highest BCUT2D eigenvalue weighted by Gasteiger charge is 2.02. The highest BCUT2D eigenvalue weighted by atomic mass is 16.5. The van der Waals surface area contributed by atoms with Gasteiger partial charge >= 0.3 is 0 Å². The predicted molar refractivity (Wildman–Crippen MR) is 65.3 cm³/mol. The van der Waals surface area contributed by atoms with Gasteiger partial charge in [0.15, 0.2) is 11.5 Å². The van der Waals surface area contributed by atoms with Crippen molar-refractivity contribution in [3.05, 3.63) is 35.9 Å². The van der Waals surface area contributed by atoms with E-state index in [0.29, 0.717) is 12.3 Å². The number of nitrogens with zero attached hydrogens (tertiary/aromatic N) is 1. The van der Waals surface area contributed by atoms with Gasteiger partial charge in [-0.1, -0.05) is 0 Å². The zero-order valence-electron chi connectivity index (χ0n) is 9.82. The first-order valence-electron chi connectivity index (χ1n) is 5.30. The molecule has 2 aromatic rings. The highest BCUT2D eigenvalue weighted by Crippen LogP contribution is 2.28. The fraction of sp³-hybridized carbons (Fsp3) is 0.250. The molecule has 0 aliphatic rings. The Balaban J connectivity index is 2.02. The number of hydrogen-bond donors (Lipinski definition) is 3. The van der Waals surface area contributed by atoms with Gasteiger partial charge in [0.05, 0.1) is 25.5 Å². The second-order valence-corrected chi connectivity index (χ2v) is 3.73. The zero-order valence-corrected chi connectivity index (χ0v) is 9.82. The highest BCUT2D eigenvalue weighted by molar-refractivity contribution is 5.54. The van der Waals surface area contributed by atoms with Crippen LogP contribution in [-0.4, -0.2) is 22.2 Å². The molecule has 0 atom stereocenters. The molecular formula is C12H15N3O2. The zero-order chi connectivity index (χ0) is 12.3. The second-order valence-electron chi connectivity index (χ2n) is 3.73. The quantitative estimate of drug-likeness (QED) is 0.755. The number of phenolic OH excluding ortho intramolecular Hbond substituents is 1. The number of aromatic nitrogens is 2. The van der Waals surface area contributed by atoms with Gasteiger partial charge in [0.2, 0.25) is 0 Å². The van der Waals surface area contributed by atoms with Crippen molar-refractivity contribution in [1.29, 1.82) is 0 Å². The van der Waals surface area contributed by atoms with E-state index in [1.807, 2.05) is 13.0 Å². The first-order valence-corrected chi connectivity index (χ1v) is 5.30. The fourth-order valence-electron chi connectivity index (χ4n) is 1.56. The monoisotopic (exact) mass is 233 g/mol. The summed E-state index contributed by atoms with van der Waals surface area (Å²) in [7, 11) is 1.52. The number of hydrogen-bond acceptors (Lipinski definition) is 4. The van der Waals surface area contributed by atoms with Crippen LogP contribution in [0.5, 0.6) is 11.5 Å². The summed E-state index contributed by atoms with van der Waals surface area (Å²) in [5.41, 5.74) is 1.83. The molecule has 0 radical (unpaired) electrons. The summed E-state index contributed by atoms with van der Waals surface area (Å²) in [6.07, 6.45) is 1.78. The third kappa shape index (κ3) is 2.69. The van der Waals surface area contributed by atoms with Gasteiger partial charge in [-0.25, -0.2) is 4.98 Å². The summed E-state index contributed by atoms with van der Waals surface area (Å²) in [4.78, 5) is 7.23. The lowest BCUT2D eigenvalue weighted by molar-refractivity contribution is 0.373. The third-order valence-electron chi connectivity index (χ3n) is 2.42. The number of aromatic hydroxyl groups is 1. The lowest BCUT2D eigenvalue weighted by Crippen LogP contribution is -1.99. The third-order valence-corrected chi connectivity index (χ3v) is 2.42. The van der Waals surface area contributed by atoms with Crippen molar-refractivity contribution in [2.24, 2.45) is 0 Å². The second kappa shape index (κ2) is 4.78. The summed E-state index contributed by atoms with van der Waals surface area (Å²) in [5, 5.41) is 12.8. The van der Waals surface area contributed by atoms with Gasteiger partial charge in [0.1, 0.15) is 5.82 Å². The molecule has 0 amide bonds. The number of anilines is 1.